The molecule has 3 aromatic carbocycles. The molecule has 0 bridgehead atoms. The lowest BCUT2D eigenvalue weighted by molar-refractivity contribution is -0.0259. The Kier molecular flexibility index (Phi) is 10.6. The molecule has 0 fully saturated rings. The van der Waals surface area contributed by atoms with Crippen LogP contribution in [0.4, 0.5) is 0 Å². The van der Waals surface area contributed by atoms with Crippen LogP contribution in [0.2, 0.25) is 5.04 Å². The predicted octanol–water partition coefficient (Wildman–Crippen LogP) is 7.72. The Bertz CT molecular complexity index is 1470. The van der Waals surface area contributed by atoms with Crippen molar-refractivity contribution in [2.45, 2.75) is 85.5 Å². The first-order valence-electron chi connectivity index (χ1n) is 15.5. The number of hydrogen-bond acceptors (Lipinski definition) is 4. The molecule has 0 spiro atoms. The molecule has 0 saturated heterocycles. The Morgan fingerprint density at radius 3 is 1.79 bits per heavy atom. The average molecular weight is 597 g/mol. The van der Waals surface area contributed by atoms with Crippen LogP contribution in [0.3, 0.4) is 0 Å². The van der Waals surface area contributed by atoms with Gasteiger partial charge in [0.05, 0.1) is 12.7 Å². The van der Waals surface area contributed by atoms with Crippen LogP contribution in [0.15, 0.2) is 100 Å². The molecule has 3 atom stereocenters. The molecule has 1 aromatic heterocycles. The molecule has 4 aromatic rings. The summed E-state index contributed by atoms with van der Waals surface area (Å²) in [4.78, 5) is 13.2. The number of rotatable bonds is 12. The zero-order chi connectivity index (χ0) is 31.2. The van der Waals surface area contributed by atoms with Crippen LogP contribution >= 0.6 is 0 Å². The van der Waals surface area contributed by atoms with E-state index in [9.17, 15) is 4.79 Å². The maximum atomic E-state index is 13.2. The van der Waals surface area contributed by atoms with E-state index >= 15 is 0 Å². The Morgan fingerprint density at radius 2 is 1.30 bits per heavy atom. The van der Waals surface area contributed by atoms with Gasteiger partial charge in [-0.1, -0.05) is 133 Å². The normalized spacial score (nSPS) is 14.3. The third-order valence-corrected chi connectivity index (χ3v) is 13.8. The van der Waals surface area contributed by atoms with Gasteiger partial charge in [0.2, 0.25) is 0 Å². The minimum atomic E-state index is -2.73. The van der Waals surface area contributed by atoms with Gasteiger partial charge in [0, 0.05) is 36.0 Å². The fourth-order valence-corrected chi connectivity index (χ4v) is 11.1. The number of hydrogen-bond donors (Lipinski definition) is 0. The second-order valence-corrected chi connectivity index (χ2v) is 17.1. The van der Waals surface area contributed by atoms with Gasteiger partial charge in [-0.3, -0.25) is 4.79 Å². The molecule has 0 unspecified atom stereocenters. The highest BCUT2D eigenvalue weighted by Gasteiger charge is 2.50. The minimum Gasteiger partial charge on any atom is -0.465 e. The highest BCUT2D eigenvalue weighted by Crippen LogP contribution is 2.38. The quantitative estimate of drug-likeness (QED) is 0.157. The third-order valence-electron chi connectivity index (χ3n) is 8.76. The first-order chi connectivity index (χ1) is 20.5. The maximum absolute atomic E-state index is 13.2. The Morgan fingerprint density at radius 1 is 0.791 bits per heavy atom. The van der Waals surface area contributed by atoms with Gasteiger partial charge < -0.3 is 13.6 Å². The molecule has 43 heavy (non-hydrogen) atoms. The fraction of sp³-hybridized carbons (Fsp3) is 0.395. The summed E-state index contributed by atoms with van der Waals surface area (Å²) >= 11 is 0. The van der Waals surface area contributed by atoms with E-state index in [4.69, 9.17) is 13.6 Å². The van der Waals surface area contributed by atoms with Crippen molar-refractivity contribution in [1.82, 2.24) is 0 Å². The number of benzene rings is 3. The average Bonchev–Trinajstić information content (AvgIpc) is 3.01. The van der Waals surface area contributed by atoms with Gasteiger partial charge in [0.25, 0.3) is 8.32 Å². The highest BCUT2D eigenvalue weighted by molar-refractivity contribution is 6.99. The molecule has 4 rings (SSSR count). The first-order valence-corrected chi connectivity index (χ1v) is 17.5. The molecular weight excluding hydrogens is 549 g/mol. The molecule has 4 nitrogen and oxygen atoms in total. The minimum absolute atomic E-state index is 0.0106. The molecule has 0 aliphatic heterocycles. The lowest BCUT2D eigenvalue weighted by Gasteiger charge is -2.44. The third kappa shape index (κ3) is 6.95. The van der Waals surface area contributed by atoms with Crippen LogP contribution in [-0.4, -0.2) is 21.0 Å². The lowest BCUT2D eigenvalue weighted by atomic mass is 9.89. The Labute approximate surface area is 259 Å². The number of ether oxygens (including phenoxy) is 1. The van der Waals surface area contributed by atoms with E-state index in [0.717, 1.165) is 11.3 Å². The van der Waals surface area contributed by atoms with Crippen molar-refractivity contribution in [3.63, 3.8) is 0 Å². The largest absolute Gasteiger partial charge is 0.465 e. The molecule has 0 aliphatic rings. The highest BCUT2D eigenvalue weighted by atomic mass is 28.4. The molecule has 0 amide bonds. The lowest BCUT2D eigenvalue weighted by Crippen LogP contribution is -2.67. The summed E-state index contributed by atoms with van der Waals surface area (Å²) in [5.74, 6) is 1.31. The summed E-state index contributed by atoms with van der Waals surface area (Å²) in [6, 6.07) is 31.7. The van der Waals surface area contributed by atoms with Crippen LogP contribution in [-0.2, 0) is 22.2 Å². The standard InChI is InChI=1S/C38H48O4Si/c1-9-34-28(3)35(39)29(4)37(42-34)30(5)36(40-26-31-19-13-10-14-20-31)27(2)25-41-43(38(6,7)8,32-21-15-11-16-22-32)33-23-17-12-18-24-33/h10-24,27,30,36H,9,25-26H2,1-8H3/t27-,30+,36+/m0/s1. The van der Waals surface area contributed by atoms with Crippen molar-refractivity contribution < 1.29 is 13.6 Å². The van der Waals surface area contributed by atoms with Crippen molar-refractivity contribution in [2.75, 3.05) is 6.61 Å². The molecule has 228 valence electrons. The summed E-state index contributed by atoms with van der Waals surface area (Å²) < 4.78 is 20.5. The van der Waals surface area contributed by atoms with Crippen molar-refractivity contribution in [3.05, 3.63) is 129 Å². The van der Waals surface area contributed by atoms with Gasteiger partial charge in [0.15, 0.2) is 5.43 Å². The predicted molar refractivity (Wildman–Crippen MR) is 180 cm³/mol. The van der Waals surface area contributed by atoms with E-state index in [2.05, 4.69) is 107 Å². The van der Waals surface area contributed by atoms with Gasteiger partial charge in [-0.15, -0.1) is 0 Å². The van der Waals surface area contributed by atoms with Gasteiger partial charge in [0.1, 0.15) is 11.5 Å². The molecule has 0 aliphatic carbocycles. The number of aryl methyl sites for hydroxylation is 1. The van der Waals surface area contributed by atoms with Crippen molar-refractivity contribution >= 4 is 18.7 Å². The van der Waals surface area contributed by atoms with E-state index in [-0.39, 0.29) is 28.4 Å². The van der Waals surface area contributed by atoms with Crippen LogP contribution in [0.1, 0.15) is 75.7 Å². The topological polar surface area (TPSA) is 48.7 Å². The van der Waals surface area contributed by atoms with E-state index in [1.54, 1.807) is 0 Å². The van der Waals surface area contributed by atoms with Crippen LogP contribution in [0, 0.1) is 19.8 Å². The van der Waals surface area contributed by atoms with Crippen LogP contribution < -0.4 is 15.8 Å². The van der Waals surface area contributed by atoms with Crippen molar-refractivity contribution in [2.24, 2.45) is 5.92 Å². The second-order valence-electron chi connectivity index (χ2n) is 12.8. The molecule has 0 N–H and O–H groups in total. The molecule has 0 radical (unpaired) electrons. The van der Waals surface area contributed by atoms with Gasteiger partial charge in [-0.2, -0.15) is 0 Å². The monoisotopic (exact) mass is 596 g/mol. The van der Waals surface area contributed by atoms with Gasteiger partial charge in [-0.25, -0.2) is 0 Å². The van der Waals surface area contributed by atoms with E-state index in [1.807, 2.05) is 39.0 Å². The smallest absolute Gasteiger partial charge is 0.261 e. The van der Waals surface area contributed by atoms with Crippen molar-refractivity contribution in [3.8, 4) is 0 Å². The fourth-order valence-electron chi connectivity index (χ4n) is 6.41. The maximum Gasteiger partial charge on any atom is 0.261 e. The van der Waals surface area contributed by atoms with E-state index < -0.39 is 8.32 Å². The van der Waals surface area contributed by atoms with Crippen LogP contribution in [0.5, 0.6) is 0 Å². The van der Waals surface area contributed by atoms with Crippen LogP contribution in [0.25, 0.3) is 0 Å². The van der Waals surface area contributed by atoms with Crippen molar-refractivity contribution in [1.29, 1.82) is 0 Å². The molecule has 0 saturated carbocycles. The second kappa shape index (κ2) is 14.0. The summed E-state index contributed by atoms with van der Waals surface area (Å²) in [5, 5.41) is 2.38. The summed E-state index contributed by atoms with van der Waals surface area (Å²) in [6.07, 6.45) is 0.427. The summed E-state index contributed by atoms with van der Waals surface area (Å²) in [6.45, 7) is 17.9. The summed E-state index contributed by atoms with van der Waals surface area (Å²) in [5.41, 5.74) is 2.52. The molecule has 1 heterocycles. The zero-order valence-electron chi connectivity index (χ0n) is 27.1. The van der Waals surface area contributed by atoms with Gasteiger partial charge in [-0.05, 0) is 34.8 Å². The Balaban J connectivity index is 1.74. The van der Waals surface area contributed by atoms with Gasteiger partial charge >= 0.3 is 0 Å². The Hall–Kier alpha value is -3.25. The zero-order valence-corrected chi connectivity index (χ0v) is 28.1. The molecular formula is C38H48O4Si. The van der Waals surface area contributed by atoms with E-state index in [0.29, 0.717) is 36.5 Å². The van der Waals surface area contributed by atoms with E-state index in [1.165, 1.54) is 10.4 Å². The SMILES string of the molecule is CCc1oc([C@H](C)[C@H](OCc2ccccc2)[C@@H](C)CO[Si](c2ccccc2)(c2ccccc2)C(C)(C)C)c(C)c(=O)c1C. The molecule has 5 heteroatoms. The summed E-state index contributed by atoms with van der Waals surface area (Å²) in [7, 11) is -2.73. The first kappa shape index (κ1) is 32.7.